The molecule has 0 aliphatic carbocycles. The van der Waals surface area contributed by atoms with E-state index < -0.39 is 5.97 Å². The smallest absolute Gasteiger partial charge is 0.305 e. The van der Waals surface area contributed by atoms with Gasteiger partial charge in [-0.15, -0.1) is 0 Å². The van der Waals surface area contributed by atoms with Gasteiger partial charge >= 0.3 is 5.97 Å². The lowest BCUT2D eigenvalue weighted by Crippen LogP contribution is -2.28. The van der Waals surface area contributed by atoms with Crippen LogP contribution in [0.1, 0.15) is 12.0 Å². The topological polar surface area (TPSA) is 80.5 Å². The summed E-state index contributed by atoms with van der Waals surface area (Å²) in [6, 6.07) is 15.7. The van der Waals surface area contributed by atoms with Crippen LogP contribution in [0, 0.1) is 0 Å². The second-order valence-electron chi connectivity index (χ2n) is 7.39. The highest BCUT2D eigenvalue weighted by molar-refractivity contribution is 6.45. The number of anilines is 1. The standard InChI is InChI=1S/C24H22Cl2N4O3/c25-19-7-6-18-20(30-10-9-27-16-30)14-21(28-24(18)23(19)26)29(11-13-33-12-8-22(31)32)15-17-4-2-1-3-5-17/h1-7,9-10,14,16H,8,11-13,15H2,(H,31,32). The van der Waals surface area contributed by atoms with Crippen LogP contribution in [-0.2, 0) is 16.1 Å². The summed E-state index contributed by atoms with van der Waals surface area (Å²) in [5, 5.41) is 10.5. The van der Waals surface area contributed by atoms with Crippen molar-refractivity contribution in [2.24, 2.45) is 0 Å². The lowest BCUT2D eigenvalue weighted by Gasteiger charge is -2.25. The predicted octanol–water partition coefficient (Wildman–Crippen LogP) is 5.23. The van der Waals surface area contributed by atoms with E-state index in [1.54, 1.807) is 18.6 Å². The van der Waals surface area contributed by atoms with E-state index in [0.717, 1.165) is 16.6 Å². The van der Waals surface area contributed by atoms with Gasteiger partial charge in [0, 0.05) is 36.9 Å². The third-order valence-electron chi connectivity index (χ3n) is 5.13. The number of ether oxygens (including phenoxy) is 1. The molecule has 0 aliphatic rings. The van der Waals surface area contributed by atoms with Crippen molar-refractivity contribution in [2.45, 2.75) is 13.0 Å². The average Bonchev–Trinajstić information content (AvgIpc) is 3.35. The highest BCUT2D eigenvalue weighted by Crippen LogP contribution is 2.35. The summed E-state index contributed by atoms with van der Waals surface area (Å²) in [5.41, 5.74) is 2.57. The summed E-state index contributed by atoms with van der Waals surface area (Å²) in [6.45, 7) is 1.60. The average molecular weight is 485 g/mol. The van der Waals surface area contributed by atoms with Gasteiger partial charge < -0.3 is 19.3 Å². The highest BCUT2D eigenvalue weighted by Gasteiger charge is 2.17. The Morgan fingerprint density at radius 1 is 1.12 bits per heavy atom. The van der Waals surface area contributed by atoms with Crippen LogP contribution in [0.2, 0.25) is 10.0 Å². The molecule has 170 valence electrons. The van der Waals surface area contributed by atoms with Crippen LogP contribution in [0.4, 0.5) is 5.82 Å². The molecule has 0 spiro atoms. The summed E-state index contributed by atoms with van der Waals surface area (Å²) in [7, 11) is 0. The molecule has 7 nitrogen and oxygen atoms in total. The number of imidazole rings is 1. The fourth-order valence-corrected chi connectivity index (χ4v) is 3.85. The zero-order chi connectivity index (χ0) is 23.2. The summed E-state index contributed by atoms with van der Waals surface area (Å²) < 4.78 is 7.46. The summed E-state index contributed by atoms with van der Waals surface area (Å²) in [5.74, 6) is -0.190. The molecular weight excluding hydrogens is 463 g/mol. The molecule has 1 N–H and O–H groups in total. The Balaban J connectivity index is 1.73. The Labute approximate surface area is 201 Å². The molecule has 4 rings (SSSR count). The number of halogens is 2. The number of nitrogens with zero attached hydrogens (tertiary/aromatic N) is 4. The van der Waals surface area contributed by atoms with E-state index in [1.165, 1.54) is 0 Å². The van der Waals surface area contributed by atoms with Gasteiger partial charge in [0.25, 0.3) is 0 Å². The molecule has 0 aliphatic heterocycles. The SMILES string of the molecule is O=C(O)CCOCCN(Cc1ccccc1)c1cc(-n2ccnc2)c2ccc(Cl)c(Cl)c2n1. The van der Waals surface area contributed by atoms with Crippen LogP contribution in [0.5, 0.6) is 0 Å². The van der Waals surface area contributed by atoms with E-state index in [-0.39, 0.29) is 13.0 Å². The van der Waals surface area contributed by atoms with Gasteiger partial charge in [0.15, 0.2) is 0 Å². The maximum absolute atomic E-state index is 10.8. The molecule has 2 heterocycles. The maximum atomic E-state index is 10.8. The first-order chi connectivity index (χ1) is 16.0. The largest absolute Gasteiger partial charge is 0.481 e. The molecule has 0 bridgehead atoms. The zero-order valence-electron chi connectivity index (χ0n) is 17.7. The highest BCUT2D eigenvalue weighted by atomic mass is 35.5. The van der Waals surface area contributed by atoms with Crippen molar-refractivity contribution in [3.63, 3.8) is 0 Å². The fraction of sp³-hybridized carbons (Fsp3) is 0.208. The maximum Gasteiger partial charge on any atom is 0.305 e. The predicted molar refractivity (Wildman–Crippen MR) is 129 cm³/mol. The van der Waals surface area contributed by atoms with Crippen LogP contribution in [-0.4, -0.2) is 45.4 Å². The monoisotopic (exact) mass is 484 g/mol. The molecule has 4 aromatic rings. The van der Waals surface area contributed by atoms with Gasteiger partial charge in [0.2, 0.25) is 0 Å². The first kappa shape index (κ1) is 23.0. The zero-order valence-corrected chi connectivity index (χ0v) is 19.2. The molecule has 2 aromatic heterocycles. The Morgan fingerprint density at radius 3 is 2.67 bits per heavy atom. The summed E-state index contributed by atoms with van der Waals surface area (Å²) in [4.78, 5) is 21.9. The van der Waals surface area contributed by atoms with Crippen molar-refractivity contribution in [1.82, 2.24) is 14.5 Å². The van der Waals surface area contributed by atoms with Gasteiger partial charge in [0.05, 0.1) is 47.2 Å². The Kier molecular flexibility index (Phi) is 7.44. The minimum absolute atomic E-state index is 0.0359. The summed E-state index contributed by atoms with van der Waals surface area (Å²) >= 11 is 12.9. The second-order valence-corrected chi connectivity index (χ2v) is 8.18. The summed E-state index contributed by atoms with van der Waals surface area (Å²) in [6.07, 6.45) is 5.25. The minimum atomic E-state index is -0.885. The van der Waals surface area contributed by atoms with Gasteiger partial charge in [-0.25, -0.2) is 9.97 Å². The number of hydrogen-bond donors (Lipinski definition) is 1. The van der Waals surface area contributed by atoms with Crippen molar-refractivity contribution in [1.29, 1.82) is 0 Å². The molecule has 9 heteroatoms. The van der Waals surface area contributed by atoms with Crippen LogP contribution in [0.15, 0.2) is 67.3 Å². The van der Waals surface area contributed by atoms with E-state index in [1.807, 2.05) is 53.2 Å². The number of carboxylic acids is 1. The third kappa shape index (κ3) is 5.63. The molecule has 0 unspecified atom stereocenters. The number of benzene rings is 2. The van der Waals surface area contributed by atoms with Crippen molar-refractivity contribution in [3.05, 3.63) is 82.9 Å². The molecule has 0 fully saturated rings. The lowest BCUT2D eigenvalue weighted by molar-refractivity contribution is -0.138. The van der Waals surface area contributed by atoms with Crippen molar-refractivity contribution in [2.75, 3.05) is 24.7 Å². The van der Waals surface area contributed by atoms with Crippen molar-refractivity contribution in [3.8, 4) is 5.69 Å². The van der Waals surface area contributed by atoms with Gasteiger partial charge in [-0.2, -0.15) is 0 Å². The van der Waals surface area contributed by atoms with Gasteiger partial charge in [-0.1, -0.05) is 53.5 Å². The number of rotatable bonds is 10. The van der Waals surface area contributed by atoms with E-state index in [4.69, 9.17) is 38.0 Å². The Hall–Kier alpha value is -3.13. The first-order valence-corrected chi connectivity index (χ1v) is 11.1. The number of aliphatic carboxylic acids is 1. The molecule has 33 heavy (non-hydrogen) atoms. The van der Waals surface area contributed by atoms with Gasteiger partial charge in [0.1, 0.15) is 5.82 Å². The number of aromatic nitrogens is 3. The number of carboxylic acid groups (broad SMARTS) is 1. The first-order valence-electron chi connectivity index (χ1n) is 10.4. The fourth-order valence-electron chi connectivity index (χ4n) is 3.49. The molecule has 2 aromatic carbocycles. The van der Waals surface area contributed by atoms with Gasteiger partial charge in [-0.3, -0.25) is 4.79 Å². The number of carbonyl (C=O) groups is 1. The second kappa shape index (κ2) is 10.7. The van der Waals surface area contributed by atoms with E-state index in [0.29, 0.717) is 41.1 Å². The quantitative estimate of drug-likeness (QED) is 0.310. The van der Waals surface area contributed by atoms with Crippen LogP contribution < -0.4 is 4.90 Å². The van der Waals surface area contributed by atoms with Crippen LogP contribution >= 0.6 is 23.2 Å². The normalized spacial score (nSPS) is 11.1. The van der Waals surface area contributed by atoms with Crippen molar-refractivity contribution >= 4 is 45.9 Å². The molecule has 0 amide bonds. The minimum Gasteiger partial charge on any atom is -0.481 e. The molecular formula is C24H22Cl2N4O3. The van der Waals surface area contributed by atoms with Crippen molar-refractivity contribution < 1.29 is 14.6 Å². The van der Waals surface area contributed by atoms with E-state index in [2.05, 4.69) is 9.88 Å². The molecule has 0 saturated heterocycles. The Morgan fingerprint density at radius 2 is 1.94 bits per heavy atom. The van der Waals surface area contributed by atoms with Crippen LogP contribution in [0.25, 0.3) is 16.6 Å². The Bertz CT molecular complexity index is 1230. The van der Waals surface area contributed by atoms with E-state index >= 15 is 0 Å². The molecule has 0 saturated carbocycles. The molecule has 0 atom stereocenters. The lowest BCUT2D eigenvalue weighted by atomic mass is 10.1. The van der Waals surface area contributed by atoms with E-state index in [9.17, 15) is 4.79 Å². The van der Waals surface area contributed by atoms with Crippen LogP contribution in [0.3, 0.4) is 0 Å². The van der Waals surface area contributed by atoms with Gasteiger partial charge in [-0.05, 0) is 17.7 Å². The third-order valence-corrected chi connectivity index (χ3v) is 5.92. The number of hydrogen-bond acceptors (Lipinski definition) is 5. The number of fused-ring (bicyclic) bond motifs is 1. The number of pyridine rings is 1. The molecule has 0 radical (unpaired) electrons.